The third-order valence-electron chi connectivity index (χ3n) is 4.30. The van der Waals surface area contributed by atoms with Gasteiger partial charge in [-0.2, -0.15) is 0 Å². The Morgan fingerprint density at radius 3 is 2.65 bits per heavy atom. The summed E-state index contributed by atoms with van der Waals surface area (Å²) in [5.74, 6) is -0.120. The van der Waals surface area contributed by atoms with Gasteiger partial charge in [0.1, 0.15) is 6.04 Å². The van der Waals surface area contributed by atoms with Gasteiger partial charge in [-0.05, 0) is 31.9 Å². The maximum absolute atomic E-state index is 12.4. The normalized spacial score (nSPS) is 19.9. The van der Waals surface area contributed by atoms with Crippen molar-refractivity contribution in [1.82, 2.24) is 15.1 Å². The molecule has 0 saturated carbocycles. The lowest BCUT2D eigenvalue weighted by atomic mass is 9.96. The molecule has 1 aromatic rings. The van der Waals surface area contributed by atoms with E-state index in [-0.39, 0.29) is 17.7 Å². The SMILES string of the molecule is C[C@@H](NC(=O)[C@@H]1CCCN(Cc2ccccc2)C1)C(=O)N(C)C. The zero-order valence-electron chi connectivity index (χ0n) is 14.3. The van der Waals surface area contributed by atoms with Crippen molar-refractivity contribution in [3.63, 3.8) is 0 Å². The van der Waals surface area contributed by atoms with E-state index in [0.717, 1.165) is 32.5 Å². The highest BCUT2D eigenvalue weighted by Crippen LogP contribution is 2.19. The van der Waals surface area contributed by atoms with Crippen molar-refractivity contribution in [3.05, 3.63) is 35.9 Å². The summed E-state index contributed by atoms with van der Waals surface area (Å²) in [5.41, 5.74) is 1.27. The van der Waals surface area contributed by atoms with Crippen LogP contribution < -0.4 is 5.32 Å². The van der Waals surface area contributed by atoms with Gasteiger partial charge in [0.15, 0.2) is 0 Å². The van der Waals surface area contributed by atoms with E-state index in [1.165, 1.54) is 10.5 Å². The molecular formula is C18H27N3O2. The Labute approximate surface area is 138 Å². The third-order valence-corrected chi connectivity index (χ3v) is 4.30. The summed E-state index contributed by atoms with van der Waals surface area (Å²) in [4.78, 5) is 28.1. The second-order valence-electron chi connectivity index (χ2n) is 6.52. The fourth-order valence-electron chi connectivity index (χ4n) is 3.04. The van der Waals surface area contributed by atoms with Crippen LogP contribution in [0.2, 0.25) is 0 Å². The molecule has 2 rings (SSSR count). The van der Waals surface area contributed by atoms with Crippen LogP contribution in [0.15, 0.2) is 30.3 Å². The van der Waals surface area contributed by atoms with Crippen molar-refractivity contribution in [2.24, 2.45) is 5.92 Å². The summed E-state index contributed by atoms with van der Waals surface area (Å²) in [7, 11) is 3.40. The Morgan fingerprint density at radius 2 is 2.00 bits per heavy atom. The molecule has 126 valence electrons. The number of hydrogen-bond donors (Lipinski definition) is 1. The van der Waals surface area contributed by atoms with Gasteiger partial charge in [-0.25, -0.2) is 0 Å². The molecule has 0 bridgehead atoms. The van der Waals surface area contributed by atoms with Crippen LogP contribution in [0.5, 0.6) is 0 Å². The monoisotopic (exact) mass is 317 g/mol. The molecule has 1 aliphatic heterocycles. The Kier molecular flexibility index (Phi) is 6.16. The highest BCUT2D eigenvalue weighted by Gasteiger charge is 2.28. The number of piperidine rings is 1. The highest BCUT2D eigenvalue weighted by molar-refractivity contribution is 5.88. The van der Waals surface area contributed by atoms with Crippen LogP contribution in [-0.2, 0) is 16.1 Å². The Hall–Kier alpha value is -1.88. The van der Waals surface area contributed by atoms with E-state index in [4.69, 9.17) is 0 Å². The van der Waals surface area contributed by atoms with E-state index in [2.05, 4.69) is 22.3 Å². The summed E-state index contributed by atoms with van der Waals surface area (Å²) < 4.78 is 0. The van der Waals surface area contributed by atoms with E-state index in [9.17, 15) is 9.59 Å². The molecule has 0 unspecified atom stereocenters. The Balaban J connectivity index is 1.87. The topological polar surface area (TPSA) is 52.7 Å². The minimum absolute atomic E-state index is 0.00883. The third kappa shape index (κ3) is 5.06. The highest BCUT2D eigenvalue weighted by atomic mass is 16.2. The van der Waals surface area contributed by atoms with Crippen LogP contribution in [0.4, 0.5) is 0 Å². The Morgan fingerprint density at radius 1 is 1.30 bits per heavy atom. The number of amides is 2. The van der Waals surface area contributed by atoms with Gasteiger partial charge in [-0.3, -0.25) is 14.5 Å². The molecule has 2 atom stereocenters. The number of likely N-dealkylation sites (tertiary alicyclic amines) is 1. The summed E-state index contributed by atoms with van der Waals surface area (Å²) in [6.45, 7) is 4.38. The number of hydrogen-bond acceptors (Lipinski definition) is 3. The molecule has 5 heteroatoms. The average molecular weight is 317 g/mol. The lowest BCUT2D eigenvalue weighted by Crippen LogP contribution is -2.49. The number of rotatable bonds is 5. The van der Waals surface area contributed by atoms with Crippen LogP contribution in [-0.4, -0.2) is 54.8 Å². The van der Waals surface area contributed by atoms with Crippen LogP contribution >= 0.6 is 0 Å². The molecule has 0 spiro atoms. The molecular weight excluding hydrogens is 290 g/mol. The number of benzene rings is 1. The molecule has 0 aliphatic carbocycles. The lowest BCUT2D eigenvalue weighted by molar-refractivity contribution is -0.135. The maximum atomic E-state index is 12.4. The van der Waals surface area contributed by atoms with Crippen LogP contribution in [0.25, 0.3) is 0 Å². The second kappa shape index (κ2) is 8.11. The van der Waals surface area contributed by atoms with Crippen molar-refractivity contribution in [1.29, 1.82) is 0 Å². The van der Waals surface area contributed by atoms with E-state index < -0.39 is 6.04 Å². The molecule has 1 aromatic carbocycles. The molecule has 0 radical (unpaired) electrons. The molecule has 1 saturated heterocycles. The van der Waals surface area contributed by atoms with E-state index >= 15 is 0 Å². The predicted octanol–water partition coefficient (Wildman–Crippen LogP) is 1.49. The summed E-state index contributed by atoms with van der Waals surface area (Å²) in [6, 6.07) is 9.85. The van der Waals surface area contributed by atoms with Gasteiger partial charge >= 0.3 is 0 Å². The zero-order chi connectivity index (χ0) is 16.8. The molecule has 1 aliphatic rings. The molecule has 1 fully saturated rings. The molecule has 1 heterocycles. The van der Waals surface area contributed by atoms with Gasteiger partial charge in [0.2, 0.25) is 11.8 Å². The number of likely N-dealkylation sites (N-methyl/N-ethyl adjacent to an activating group) is 1. The van der Waals surface area contributed by atoms with E-state index in [1.807, 2.05) is 18.2 Å². The molecule has 5 nitrogen and oxygen atoms in total. The first kappa shape index (κ1) is 17.5. The van der Waals surface area contributed by atoms with Gasteiger partial charge in [-0.15, -0.1) is 0 Å². The summed E-state index contributed by atoms with van der Waals surface area (Å²) >= 11 is 0. The van der Waals surface area contributed by atoms with Crippen molar-refractivity contribution in [2.75, 3.05) is 27.2 Å². The van der Waals surface area contributed by atoms with E-state index in [1.54, 1.807) is 21.0 Å². The molecule has 23 heavy (non-hydrogen) atoms. The minimum atomic E-state index is -0.470. The van der Waals surface area contributed by atoms with Gasteiger partial charge in [0.25, 0.3) is 0 Å². The average Bonchev–Trinajstić information content (AvgIpc) is 2.55. The number of carbonyl (C=O) groups excluding carboxylic acids is 2. The number of carbonyl (C=O) groups is 2. The molecule has 0 aromatic heterocycles. The quantitative estimate of drug-likeness (QED) is 0.895. The summed E-state index contributed by atoms with van der Waals surface area (Å²) in [5, 5.41) is 2.86. The minimum Gasteiger partial charge on any atom is -0.347 e. The van der Waals surface area contributed by atoms with Crippen molar-refractivity contribution in [2.45, 2.75) is 32.4 Å². The fourth-order valence-corrected chi connectivity index (χ4v) is 3.04. The van der Waals surface area contributed by atoms with Crippen LogP contribution in [0.1, 0.15) is 25.3 Å². The first-order valence-corrected chi connectivity index (χ1v) is 8.25. The van der Waals surface area contributed by atoms with Crippen LogP contribution in [0, 0.1) is 5.92 Å². The number of nitrogens with one attached hydrogen (secondary N) is 1. The fraction of sp³-hybridized carbons (Fsp3) is 0.556. The second-order valence-corrected chi connectivity index (χ2v) is 6.52. The summed E-state index contributed by atoms with van der Waals surface area (Å²) in [6.07, 6.45) is 1.90. The predicted molar refractivity (Wildman–Crippen MR) is 90.7 cm³/mol. The standard InChI is InChI=1S/C18H27N3O2/c1-14(18(23)20(2)3)19-17(22)16-10-7-11-21(13-16)12-15-8-5-4-6-9-15/h4-6,8-9,14,16H,7,10-13H2,1-3H3,(H,19,22)/t14-,16-/m1/s1. The van der Waals surface area contributed by atoms with Gasteiger partial charge in [-0.1, -0.05) is 30.3 Å². The van der Waals surface area contributed by atoms with E-state index in [0.29, 0.717) is 0 Å². The first-order chi connectivity index (χ1) is 11.0. The zero-order valence-corrected chi connectivity index (χ0v) is 14.3. The molecule has 1 N–H and O–H groups in total. The lowest BCUT2D eigenvalue weighted by Gasteiger charge is -2.32. The molecule has 2 amide bonds. The van der Waals surface area contributed by atoms with Crippen molar-refractivity contribution >= 4 is 11.8 Å². The van der Waals surface area contributed by atoms with Crippen LogP contribution in [0.3, 0.4) is 0 Å². The van der Waals surface area contributed by atoms with Crippen molar-refractivity contribution < 1.29 is 9.59 Å². The number of nitrogens with zero attached hydrogens (tertiary/aromatic N) is 2. The van der Waals surface area contributed by atoms with Gasteiger partial charge < -0.3 is 10.2 Å². The van der Waals surface area contributed by atoms with Crippen molar-refractivity contribution in [3.8, 4) is 0 Å². The largest absolute Gasteiger partial charge is 0.347 e. The van der Waals surface area contributed by atoms with Gasteiger partial charge in [0, 0.05) is 27.2 Å². The first-order valence-electron chi connectivity index (χ1n) is 8.25. The van der Waals surface area contributed by atoms with Gasteiger partial charge in [0.05, 0.1) is 5.92 Å². The smallest absolute Gasteiger partial charge is 0.244 e. The Bertz CT molecular complexity index is 530. The maximum Gasteiger partial charge on any atom is 0.244 e.